The average molecular weight is 500 g/mol. The van der Waals surface area contributed by atoms with Crippen LogP contribution in [0.5, 0.6) is 0 Å². The van der Waals surface area contributed by atoms with Gasteiger partial charge >= 0.3 is 0 Å². The van der Waals surface area contributed by atoms with Gasteiger partial charge in [0.15, 0.2) is 15.6 Å². The van der Waals surface area contributed by atoms with Gasteiger partial charge in [-0.1, -0.05) is 64.0 Å². The van der Waals surface area contributed by atoms with Gasteiger partial charge in [0.2, 0.25) is 5.91 Å². The van der Waals surface area contributed by atoms with E-state index in [0.717, 1.165) is 5.56 Å². The molecule has 0 aromatic heterocycles. The second-order valence-electron chi connectivity index (χ2n) is 7.17. The van der Waals surface area contributed by atoms with E-state index in [-0.39, 0.29) is 35.2 Å². The van der Waals surface area contributed by atoms with Crippen molar-refractivity contribution in [3.63, 3.8) is 0 Å². The quantitative estimate of drug-likeness (QED) is 0.433. The van der Waals surface area contributed by atoms with Crippen LogP contribution < -0.4 is 5.32 Å². The third kappa shape index (κ3) is 6.12. The smallest absolute Gasteiger partial charge is 0.224 e. The maximum absolute atomic E-state index is 12.9. The van der Waals surface area contributed by atoms with E-state index >= 15 is 0 Å². The Morgan fingerprint density at radius 3 is 2.29 bits per heavy atom. The van der Waals surface area contributed by atoms with Crippen LogP contribution in [0.15, 0.2) is 82.2 Å². The lowest BCUT2D eigenvalue weighted by Gasteiger charge is -2.11. The summed E-state index contributed by atoms with van der Waals surface area (Å²) in [6.45, 7) is 1.89. The maximum atomic E-state index is 12.9. The first-order valence-corrected chi connectivity index (χ1v) is 12.2. The lowest BCUT2D eigenvalue weighted by Crippen LogP contribution is -2.16. The van der Waals surface area contributed by atoms with Crippen molar-refractivity contribution in [2.24, 2.45) is 0 Å². The van der Waals surface area contributed by atoms with Crippen LogP contribution in [0.3, 0.4) is 0 Å². The van der Waals surface area contributed by atoms with Crippen LogP contribution in [0.1, 0.15) is 34.3 Å². The molecule has 0 spiro atoms. The number of aryl methyl sites for hydroxylation is 1. The molecule has 0 atom stereocenters. The van der Waals surface area contributed by atoms with E-state index in [2.05, 4.69) is 21.2 Å². The second kappa shape index (κ2) is 10.0. The van der Waals surface area contributed by atoms with E-state index in [1.807, 2.05) is 13.0 Å². The van der Waals surface area contributed by atoms with E-state index in [1.165, 1.54) is 0 Å². The molecule has 0 aliphatic carbocycles. The molecule has 3 aromatic rings. The summed E-state index contributed by atoms with van der Waals surface area (Å²) in [6, 6.07) is 20.5. The van der Waals surface area contributed by atoms with Crippen molar-refractivity contribution in [2.45, 2.75) is 24.7 Å². The summed E-state index contributed by atoms with van der Waals surface area (Å²) in [5.74, 6) is -0.678. The first kappa shape index (κ1) is 22.9. The van der Waals surface area contributed by atoms with Gasteiger partial charge in [-0.15, -0.1) is 0 Å². The summed E-state index contributed by atoms with van der Waals surface area (Å²) in [5.41, 5.74) is 2.25. The molecule has 3 aromatic carbocycles. The summed E-state index contributed by atoms with van der Waals surface area (Å²) in [4.78, 5) is 25.6. The molecule has 0 unspecified atom stereocenters. The highest BCUT2D eigenvalue weighted by Crippen LogP contribution is 2.24. The number of ketones is 1. The van der Waals surface area contributed by atoms with E-state index in [1.54, 1.807) is 66.7 Å². The van der Waals surface area contributed by atoms with E-state index in [4.69, 9.17) is 0 Å². The first-order valence-electron chi connectivity index (χ1n) is 9.75. The average Bonchev–Trinajstić information content (AvgIpc) is 2.75. The Labute approximate surface area is 190 Å². The predicted molar refractivity (Wildman–Crippen MR) is 125 cm³/mol. The fourth-order valence-corrected chi connectivity index (χ4v) is 4.73. The fraction of sp³-hybridized carbons (Fsp3) is 0.167. The van der Waals surface area contributed by atoms with E-state index in [9.17, 15) is 18.0 Å². The van der Waals surface area contributed by atoms with E-state index in [0.29, 0.717) is 21.3 Å². The third-order valence-corrected chi connectivity index (χ3v) is 7.04. The zero-order valence-electron chi connectivity index (χ0n) is 17.0. The second-order valence-corrected chi connectivity index (χ2v) is 10.2. The van der Waals surface area contributed by atoms with Crippen molar-refractivity contribution in [3.05, 3.63) is 94.0 Å². The molecule has 1 amide bonds. The molecule has 1 N–H and O–H groups in total. The third-order valence-electron chi connectivity index (χ3n) is 4.73. The van der Waals surface area contributed by atoms with Gasteiger partial charge < -0.3 is 5.32 Å². The molecule has 0 radical (unpaired) electrons. The summed E-state index contributed by atoms with van der Waals surface area (Å²) in [6.07, 6.45) is 0.209. The normalized spacial score (nSPS) is 11.2. The number of halogens is 1. The highest BCUT2D eigenvalue weighted by molar-refractivity contribution is 9.10. The number of nitrogens with one attached hydrogen (secondary N) is 1. The van der Waals surface area contributed by atoms with Gasteiger partial charge in [0.25, 0.3) is 0 Å². The van der Waals surface area contributed by atoms with E-state index < -0.39 is 9.84 Å². The zero-order valence-corrected chi connectivity index (χ0v) is 19.4. The Morgan fingerprint density at radius 2 is 1.61 bits per heavy atom. The topological polar surface area (TPSA) is 80.3 Å². The zero-order chi connectivity index (χ0) is 22.4. The van der Waals surface area contributed by atoms with Crippen molar-refractivity contribution in [1.29, 1.82) is 0 Å². The van der Waals surface area contributed by atoms with Crippen molar-refractivity contribution in [2.75, 3.05) is 11.1 Å². The summed E-state index contributed by atoms with van der Waals surface area (Å²) in [5, 5.41) is 2.75. The number of hydrogen-bond donors (Lipinski definition) is 1. The Kier molecular flexibility index (Phi) is 7.41. The Hall–Kier alpha value is -2.77. The molecule has 3 rings (SSSR count). The number of sulfone groups is 1. The monoisotopic (exact) mass is 499 g/mol. The Balaban J connectivity index is 1.66. The first-order chi connectivity index (χ1) is 14.8. The van der Waals surface area contributed by atoms with Crippen LogP contribution >= 0.6 is 15.9 Å². The fourth-order valence-electron chi connectivity index (χ4n) is 3.06. The van der Waals surface area contributed by atoms with Crippen LogP contribution in [0.2, 0.25) is 0 Å². The molecule has 0 saturated carbocycles. The molecule has 0 aliphatic heterocycles. The van der Waals surface area contributed by atoms with Gasteiger partial charge in [0.05, 0.1) is 16.3 Å². The summed E-state index contributed by atoms with van der Waals surface area (Å²) < 4.78 is 25.6. The number of amides is 1. The van der Waals surface area contributed by atoms with Crippen LogP contribution in [0.4, 0.5) is 5.69 Å². The van der Waals surface area contributed by atoms with Gasteiger partial charge in [-0.2, -0.15) is 0 Å². The molecule has 0 saturated heterocycles. The minimum atomic E-state index is -3.45. The van der Waals surface area contributed by atoms with Gasteiger partial charge in [0, 0.05) is 22.0 Å². The van der Waals surface area contributed by atoms with Crippen LogP contribution in [-0.2, 0) is 14.6 Å². The molecule has 7 heteroatoms. The van der Waals surface area contributed by atoms with Crippen LogP contribution in [0.25, 0.3) is 0 Å². The Bertz CT molecular complexity index is 1190. The summed E-state index contributed by atoms with van der Waals surface area (Å²) in [7, 11) is -3.45. The molecular weight excluding hydrogens is 478 g/mol. The van der Waals surface area contributed by atoms with Gasteiger partial charge in [-0.3, -0.25) is 9.59 Å². The molecular formula is C24H22BrNO4S. The molecule has 0 aliphatic rings. The number of rotatable bonds is 8. The predicted octanol–water partition coefficient (Wildman–Crippen LogP) is 5.18. The number of carbonyl (C=O) groups is 2. The number of anilines is 1. The van der Waals surface area contributed by atoms with Crippen molar-refractivity contribution < 1.29 is 18.0 Å². The molecule has 0 heterocycles. The highest BCUT2D eigenvalue weighted by Gasteiger charge is 2.18. The van der Waals surface area contributed by atoms with Crippen molar-refractivity contribution in [1.82, 2.24) is 0 Å². The number of hydrogen-bond acceptors (Lipinski definition) is 4. The van der Waals surface area contributed by atoms with Gasteiger partial charge in [-0.05, 0) is 43.7 Å². The van der Waals surface area contributed by atoms with Crippen molar-refractivity contribution in [3.8, 4) is 0 Å². The SMILES string of the molecule is Cc1ccc(S(=O)(=O)CCCC(=O)Nc2ccc(Br)cc2C(=O)c2ccccc2)cc1. The number of benzene rings is 3. The minimum Gasteiger partial charge on any atom is -0.325 e. The van der Waals surface area contributed by atoms with Gasteiger partial charge in [-0.25, -0.2) is 8.42 Å². The highest BCUT2D eigenvalue weighted by atomic mass is 79.9. The summed E-state index contributed by atoms with van der Waals surface area (Å²) >= 11 is 3.36. The lowest BCUT2D eigenvalue weighted by molar-refractivity contribution is -0.116. The minimum absolute atomic E-state index is 0.0279. The largest absolute Gasteiger partial charge is 0.325 e. The van der Waals surface area contributed by atoms with Crippen LogP contribution in [0, 0.1) is 6.92 Å². The lowest BCUT2D eigenvalue weighted by atomic mass is 10.0. The van der Waals surface area contributed by atoms with Crippen LogP contribution in [-0.4, -0.2) is 25.9 Å². The molecule has 31 heavy (non-hydrogen) atoms. The van der Waals surface area contributed by atoms with Crippen molar-refractivity contribution >= 4 is 43.1 Å². The number of carbonyl (C=O) groups excluding carboxylic acids is 2. The van der Waals surface area contributed by atoms with Gasteiger partial charge in [0.1, 0.15) is 0 Å². The Morgan fingerprint density at radius 1 is 0.935 bits per heavy atom. The molecule has 5 nitrogen and oxygen atoms in total. The molecule has 0 bridgehead atoms. The molecule has 160 valence electrons. The maximum Gasteiger partial charge on any atom is 0.224 e. The molecule has 0 fully saturated rings. The standard InChI is InChI=1S/C24H22BrNO4S/c1-17-9-12-20(13-10-17)31(29,30)15-5-8-23(27)26-22-14-11-19(25)16-21(22)24(28)18-6-3-2-4-7-18/h2-4,6-7,9-14,16H,5,8,15H2,1H3,(H,26,27).